The Morgan fingerprint density at radius 2 is 1.89 bits per heavy atom. The number of aryl methyl sites for hydroxylation is 1. The van der Waals surface area contributed by atoms with E-state index < -0.39 is 0 Å². The van der Waals surface area contributed by atoms with Gasteiger partial charge in [-0.05, 0) is 35.6 Å². The summed E-state index contributed by atoms with van der Waals surface area (Å²) >= 11 is 5.35. The van der Waals surface area contributed by atoms with E-state index in [2.05, 4.69) is 32.2 Å². The van der Waals surface area contributed by atoms with Gasteiger partial charge in [0.2, 0.25) is 0 Å². The van der Waals surface area contributed by atoms with Crippen molar-refractivity contribution < 1.29 is 5.11 Å². The zero-order valence-corrected chi connectivity index (χ0v) is 13.4. The maximum atomic E-state index is 10.2. The van der Waals surface area contributed by atoms with Crippen LogP contribution in [0.15, 0.2) is 17.5 Å². The molecule has 96 valence electrons. The Labute approximate surface area is 120 Å². The smallest absolute Gasteiger partial charge is 0.122 e. The summed E-state index contributed by atoms with van der Waals surface area (Å²) in [5.74, 6) is 0.399. The molecule has 0 amide bonds. The highest BCUT2D eigenvalue weighted by Crippen LogP contribution is 2.38. The second-order valence-electron chi connectivity index (χ2n) is 5.44. The van der Waals surface area contributed by atoms with Gasteiger partial charge in [-0.3, -0.25) is 0 Å². The van der Waals surface area contributed by atoms with Gasteiger partial charge in [0.1, 0.15) is 9.57 Å². The van der Waals surface area contributed by atoms with Crippen molar-refractivity contribution >= 4 is 32.9 Å². The largest absolute Gasteiger partial charge is 0.507 e. The van der Waals surface area contributed by atoms with Gasteiger partial charge in [-0.1, -0.05) is 53.7 Å². The molecule has 1 N–H and O–H groups in total. The first-order valence-corrected chi connectivity index (χ1v) is 8.35. The van der Waals surface area contributed by atoms with Gasteiger partial charge >= 0.3 is 0 Å². The standard InChI is InChI=1S/C14H16OS3/c1-8-5-9(10-7-17-18-13(10)16)6-11(12(8)15)14(2,3)4/h5-7,15H,1-4H3. The van der Waals surface area contributed by atoms with Gasteiger partial charge in [-0.2, -0.15) is 0 Å². The van der Waals surface area contributed by atoms with Crippen molar-refractivity contribution in [1.82, 2.24) is 0 Å². The third-order valence-electron chi connectivity index (χ3n) is 2.93. The van der Waals surface area contributed by atoms with Crippen LogP contribution in [0.5, 0.6) is 5.75 Å². The molecule has 0 saturated carbocycles. The van der Waals surface area contributed by atoms with E-state index in [0.717, 1.165) is 26.1 Å². The Kier molecular flexibility index (Phi) is 3.63. The van der Waals surface area contributed by atoms with Crippen molar-refractivity contribution in [3.05, 3.63) is 32.5 Å². The van der Waals surface area contributed by atoms with Crippen LogP contribution in [0.3, 0.4) is 0 Å². The molecule has 2 aromatic rings. The Hall–Kier alpha value is -0.710. The van der Waals surface area contributed by atoms with E-state index in [4.69, 9.17) is 12.2 Å². The van der Waals surface area contributed by atoms with Gasteiger partial charge in [0.25, 0.3) is 0 Å². The fraction of sp³-hybridized carbons (Fsp3) is 0.357. The van der Waals surface area contributed by atoms with Crippen molar-refractivity contribution in [2.45, 2.75) is 33.1 Å². The summed E-state index contributed by atoms with van der Waals surface area (Å²) in [5.41, 5.74) is 4.02. The molecule has 0 aliphatic heterocycles. The van der Waals surface area contributed by atoms with Gasteiger partial charge in [0.05, 0.1) is 0 Å². The molecule has 0 unspecified atom stereocenters. The lowest BCUT2D eigenvalue weighted by molar-refractivity contribution is 0.443. The number of rotatable bonds is 1. The number of aromatic hydroxyl groups is 1. The SMILES string of the molecule is Cc1cc(-c2cssc2=S)cc(C(C)(C)C)c1O. The van der Waals surface area contributed by atoms with Gasteiger partial charge in [0, 0.05) is 16.5 Å². The highest BCUT2D eigenvalue weighted by molar-refractivity contribution is 7.79. The summed E-state index contributed by atoms with van der Waals surface area (Å²) in [6, 6.07) is 4.07. The number of hydrogen-bond acceptors (Lipinski definition) is 4. The fourth-order valence-corrected chi connectivity index (χ4v) is 4.30. The molecule has 18 heavy (non-hydrogen) atoms. The van der Waals surface area contributed by atoms with Gasteiger partial charge in [-0.15, -0.1) is 0 Å². The molecule has 0 saturated heterocycles. The van der Waals surface area contributed by atoms with Crippen LogP contribution in [0, 0.1) is 10.7 Å². The maximum Gasteiger partial charge on any atom is 0.122 e. The monoisotopic (exact) mass is 296 g/mol. The normalized spacial score (nSPS) is 11.8. The van der Waals surface area contributed by atoms with Crippen LogP contribution in [-0.4, -0.2) is 5.11 Å². The lowest BCUT2D eigenvalue weighted by Crippen LogP contribution is -2.12. The second kappa shape index (κ2) is 4.76. The average molecular weight is 296 g/mol. The molecule has 0 spiro atoms. The van der Waals surface area contributed by atoms with Gasteiger partial charge in [-0.25, -0.2) is 0 Å². The molecule has 0 bridgehead atoms. The summed E-state index contributed by atoms with van der Waals surface area (Å²) in [5, 5.41) is 12.3. The van der Waals surface area contributed by atoms with Crippen LogP contribution in [0.25, 0.3) is 11.1 Å². The second-order valence-corrected chi connectivity index (χ2v) is 8.18. The van der Waals surface area contributed by atoms with Crippen molar-refractivity contribution in [1.29, 1.82) is 0 Å². The highest BCUT2D eigenvalue weighted by Gasteiger charge is 2.20. The van der Waals surface area contributed by atoms with E-state index in [9.17, 15) is 5.11 Å². The molecule has 2 rings (SSSR count). The van der Waals surface area contributed by atoms with Crippen molar-refractivity contribution in [3.8, 4) is 16.9 Å². The van der Waals surface area contributed by atoms with Crippen LogP contribution in [-0.2, 0) is 5.41 Å². The van der Waals surface area contributed by atoms with E-state index in [1.165, 1.54) is 0 Å². The molecule has 4 heteroatoms. The molecule has 0 atom stereocenters. The minimum absolute atomic E-state index is 0.0775. The van der Waals surface area contributed by atoms with Crippen LogP contribution < -0.4 is 0 Å². The summed E-state index contributed by atoms with van der Waals surface area (Å²) in [6.45, 7) is 8.26. The lowest BCUT2D eigenvalue weighted by Gasteiger charge is -2.22. The molecule has 0 aliphatic rings. The van der Waals surface area contributed by atoms with Gasteiger partial charge in [0.15, 0.2) is 0 Å². The van der Waals surface area contributed by atoms with Crippen LogP contribution >= 0.6 is 32.9 Å². The van der Waals surface area contributed by atoms with E-state index in [1.807, 2.05) is 13.0 Å². The Morgan fingerprint density at radius 3 is 2.39 bits per heavy atom. The van der Waals surface area contributed by atoms with E-state index >= 15 is 0 Å². The third kappa shape index (κ3) is 2.51. The van der Waals surface area contributed by atoms with Gasteiger partial charge < -0.3 is 5.11 Å². The summed E-state index contributed by atoms with van der Waals surface area (Å²) in [4.78, 5) is 0. The first kappa shape index (κ1) is 13.7. The summed E-state index contributed by atoms with van der Waals surface area (Å²) in [6.07, 6.45) is 0. The topological polar surface area (TPSA) is 20.2 Å². The van der Waals surface area contributed by atoms with Crippen LogP contribution in [0.2, 0.25) is 0 Å². The maximum absolute atomic E-state index is 10.2. The quantitative estimate of drug-likeness (QED) is 0.552. The molecule has 0 radical (unpaired) electrons. The number of phenols is 1. The Balaban J connectivity index is 2.70. The molecule has 1 nitrogen and oxygen atoms in total. The number of hydrogen-bond donors (Lipinski definition) is 1. The number of benzene rings is 1. The first-order valence-electron chi connectivity index (χ1n) is 5.73. The van der Waals surface area contributed by atoms with Crippen LogP contribution in [0.1, 0.15) is 31.9 Å². The van der Waals surface area contributed by atoms with Crippen molar-refractivity contribution in [3.63, 3.8) is 0 Å². The number of phenolic OH excluding ortho intramolecular Hbond substituents is 1. The zero-order chi connectivity index (χ0) is 13.5. The highest BCUT2D eigenvalue weighted by atomic mass is 32.9. The predicted molar refractivity (Wildman–Crippen MR) is 83.6 cm³/mol. The van der Waals surface area contributed by atoms with E-state index in [-0.39, 0.29) is 5.41 Å². The molecule has 0 fully saturated rings. The Bertz CT molecular complexity index is 629. The predicted octanol–water partition coefficient (Wildman–Crippen LogP) is 5.52. The average Bonchev–Trinajstić information content (AvgIpc) is 2.66. The molecule has 1 aromatic carbocycles. The summed E-state index contributed by atoms with van der Waals surface area (Å²) < 4.78 is 0.921. The van der Waals surface area contributed by atoms with Crippen LogP contribution in [0.4, 0.5) is 0 Å². The summed E-state index contributed by atoms with van der Waals surface area (Å²) in [7, 11) is 3.28. The third-order valence-corrected chi connectivity index (χ3v) is 5.59. The molecular formula is C14H16OS3. The van der Waals surface area contributed by atoms with Crippen molar-refractivity contribution in [2.75, 3.05) is 0 Å². The molecule has 1 heterocycles. The van der Waals surface area contributed by atoms with E-state index in [0.29, 0.717) is 5.75 Å². The molecular weight excluding hydrogens is 280 g/mol. The molecule has 0 aliphatic carbocycles. The fourth-order valence-electron chi connectivity index (χ4n) is 1.90. The minimum Gasteiger partial charge on any atom is -0.507 e. The van der Waals surface area contributed by atoms with Crippen molar-refractivity contribution in [2.24, 2.45) is 0 Å². The molecule has 1 aromatic heterocycles. The zero-order valence-electron chi connectivity index (χ0n) is 10.9. The first-order chi connectivity index (χ1) is 8.30. The minimum atomic E-state index is -0.0775. The Morgan fingerprint density at radius 1 is 1.22 bits per heavy atom. The lowest BCUT2D eigenvalue weighted by atomic mass is 9.83. The van der Waals surface area contributed by atoms with E-state index in [1.54, 1.807) is 20.7 Å².